The van der Waals surface area contributed by atoms with E-state index in [0.717, 1.165) is 21.9 Å². The van der Waals surface area contributed by atoms with E-state index in [1.807, 2.05) is 61.7 Å². The standard InChI is InChI=1S/C17H19NO2S/c1-3-20-14-10-8-13(9-11-14)12-17(19)18-15-6-4-5-7-16(15)21-2/h4-11H,3,12H2,1-2H3,(H,18,19). The van der Waals surface area contributed by atoms with Crippen molar-refractivity contribution in [1.82, 2.24) is 0 Å². The maximum atomic E-state index is 12.1. The van der Waals surface area contributed by atoms with Crippen LogP contribution in [0.15, 0.2) is 53.4 Å². The predicted octanol–water partition coefficient (Wildman–Crippen LogP) is 3.99. The summed E-state index contributed by atoms with van der Waals surface area (Å²) in [5.74, 6) is 0.815. The van der Waals surface area contributed by atoms with Crippen molar-refractivity contribution in [3.8, 4) is 5.75 Å². The van der Waals surface area contributed by atoms with Gasteiger partial charge in [0.05, 0.1) is 18.7 Å². The number of para-hydroxylation sites is 1. The average molecular weight is 301 g/mol. The number of benzene rings is 2. The van der Waals surface area contributed by atoms with Gasteiger partial charge in [-0.1, -0.05) is 24.3 Å². The summed E-state index contributed by atoms with van der Waals surface area (Å²) in [6.07, 6.45) is 2.35. The Kier molecular flexibility index (Phi) is 5.69. The molecule has 110 valence electrons. The number of ether oxygens (including phenoxy) is 1. The second-order valence-corrected chi connectivity index (χ2v) is 5.35. The van der Waals surface area contributed by atoms with Crippen LogP contribution < -0.4 is 10.1 Å². The van der Waals surface area contributed by atoms with Crippen LogP contribution in [-0.4, -0.2) is 18.8 Å². The minimum absolute atomic E-state index is 0.0133. The molecule has 0 saturated heterocycles. The Bertz CT molecular complexity index is 596. The number of anilines is 1. The van der Waals surface area contributed by atoms with Gasteiger partial charge in [-0.2, -0.15) is 0 Å². The third kappa shape index (κ3) is 4.53. The minimum Gasteiger partial charge on any atom is -0.494 e. The largest absolute Gasteiger partial charge is 0.494 e. The van der Waals surface area contributed by atoms with Gasteiger partial charge in [-0.3, -0.25) is 4.79 Å². The molecule has 0 fully saturated rings. The number of nitrogens with one attached hydrogen (secondary N) is 1. The molecular formula is C17H19NO2S. The fourth-order valence-electron chi connectivity index (χ4n) is 2.00. The molecule has 2 rings (SSSR count). The summed E-state index contributed by atoms with van der Waals surface area (Å²) in [5.41, 5.74) is 1.83. The van der Waals surface area contributed by atoms with Crippen LogP contribution in [0.1, 0.15) is 12.5 Å². The normalized spacial score (nSPS) is 10.2. The van der Waals surface area contributed by atoms with E-state index in [-0.39, 0.29) is 5.91 Å². The lowest BCUT2D eigenvalue weighted by Crippen LogP contribution is -2.14. The van der Waals surface area contributed by atoms with E-state index in [0.29, 0.717) is 13.0 Å². The van der Waals surface area contributed by atoms with Crippen molar-refractivity contribution in [2.45, 2.75) is 18.2 Å². The lowest BCUT2D eigenvalue weighted by Gasteiger charge is -2.09. The SMILES string of the molecule is CCOc1ccc(CC(=O)Nc2ccccc2SC)cc1. The van der Waals surface area contributed by atoms with Crippen molar-refractivity contribution in [1.29, 1.82) is 0 Å². The monoisotopic (exact) mass is 301 g/mol. The molecule has 0 atom stereocenters. The van der Waals surface area contributed by atoms with Gasteiger partial charge in [-0.15, -0.1) is 11.8 Å². The molecule has 1 N–H and O–H groups in total. The lowest BCUT2D eigenvalue weighted by atomic mass is 10.1. The van der Waals surface area contributed by atoms with Gasteiger partial charge < -0.3 is 10.1 Å². The zero-order valence-corrected chi connectivity index (χ0v) is 13.1. The fourth-order valence-corrected chi connectivity index (χ4v) is 2.55. The van der Waals surface area contributed by atoms with Crippen molar-refractivity contribution in [3.05, 3.63) is 54.1 Å². The van der Waals surface area contributed by atoms with E-state index in [1.54, 1.807) is 11.8 Å². The predicted molar refractivity (Wildman–Crippen MR) is 88.2 cm³/mol. The van der Waals surface area contributed by atoms with Crippen molar-refractivity contribution in [2.24, 2.45) is 0 Å². The summed E-state index contributed by atoms with van der Waals surface area (Å²) >= 11 is 1.62. The number of hydrogen-bond donors (Lipinski definition) is 1. The van der Waals surface area contributed by atoms with E-state index in [2.05, 4.69) is 5.32 Å². The molecule has 0 aliphatic rings. The van der Waals surface area contributed by atoms with Crippen LogP contribution in [0.3, 0.4) is 0 Å². The average Bonchev–Trinajstić information content (AvgIpc) is 2.50. The lowest BCUT2D eigenvalue weighted by molar-refractivity contribution is -0.115. The highest BCUT2D eigenvalue weighted by molar-refractivity contribution is 7.98. The summed E-state index contributed by atoms with van der Waals surface area (Å²) in [5, 5.41) is 2.96. The van der Waals surface area contributed by atoms with Gasteiger partial charge in [0.25, 0.3) is 0 Å². The molecule has 2 aromatic rings. The van der Waals surface area contributed by atoms with Crippen molar-refractivity contribution >= 4 is 23.4 Å². The molecule has 0 aliphatic carbocycles. The topological polar surface area (TPSA) is 38.3 Å². The highest BCUT2D eigenvalue weighted by Gasteiger charge is 2.07. The highest BCUT2D eigenvalue weighted by atomic mass is 32.2. The summed E-state index contributed by atoms with van der Waals surface area (Å²) < 4.78 is 5.39. The Balaban J connectivity index is 1.98. The van der Waals surface area contributed by atoms with Crippen LogP contribution in [-0.2, 0) is 11.2 Å². The Morgan fingerprint density at radius 2 is 1.86 bits per heavy atom. The molecule has 21 heavy (non-hydrogen) atoms. The molecule has 0 radical (unpaired) electrons. The Morgan fingerprint density at radius 1 is 1.14 bits per heavy atom. The van der Waals surface area contributed by atoms with E-state index < -0.39 is 0 Å². The second-order valence-electron chi connectivity index (χ2n) is 4.50. The Labute approximate surface area is 129 Å². The van der Waals surface area contributed by atoms with Gasteiger partial charge in [-0.25, -0.2) is 0 Å². The van der Waals surface area contributed by atoms with Gasteiger partial charge >= 0.3 is 0 Å². The Hall–Kier alpha value is -1.94. The molecule has 0 heterocycles. The first-order valence-corrected chi connectivity index (χ1v) is 8.10. The smallest absolute Gasteiger partial charge is 0.228 e. The molecule has 4 heteroatoms. The zero-order valence-electron chi connectivity index (χ0n) is 12.3. The van der Waals surface area contributed by atoms with E-state index in [9.17, 15) is 4.79 Å². The number of hydrogen-bond acceptors (Lipinski definition) is 3. The van der Waals surface area contributed by atoms with Crippen LogP contribution in [0, 0.1) is 0 Å². The van der Waals surface area contributed by atoms with Crippen molar-refractivity contribution in [2.75, 3.05) is 18.2 Å². The molecule has 1 amide bonds. The molecule has 0 aliphatic heterocycles. The summed E-state index contributed by atoms with van der Waals surface area (Å²) in [6.45, 7) is 2.59. The van der Waals surface area contributed by atoms with E-state index in [4.69, 9.17) is 4.74 Å². The van der Waals surface area contributed by atoms with Gasteiger partial charge in [0.15, 0.2) is 0 Å². The summed E-state index contributed by atoms with van der Waals surface area (Å²) in [4.78, 5) is 13.2. The van der Waals surface area contributed by atoms with Gasteiger partial charge in [0.1, 0.15) is 5.75 Å². The molecule has 3 nitrogen and oxygen atoms in total. The molecule has 0 unspecified atom stereocenters. The van der Waals surface area contributed by atoms with Crippen LogP contribution in [0.2, 0.25) is 0 Å². The fraction of sp³-hybridized carbons (Fsp3) is 0.235. The quantitative estimate of drug-likeness (QED) is 0.820. The van der Waals surface area contributed by atoms with Gasteiger partial charge in [-0.05, 0) is 43.0 Å². The first kappa shape index (κ1) is 15.4. The molecular weight excluding hydrogens is 282 g/mol. The van der Waals surface area contributed by atoms with E-state index in [1.165, 1.54) is 0 Å². The number of amides is 1. The number of rotatable bonds is 6. The van der Waals surface area contributed by atoms with Gasteiger partial charge in [0, 0.05) is 4.90 Å². The third-order valence-electron chi connectivity index (χ3n) is 2.98. The van der Waals surface area contributed by atoms with Gasteiger partial charge in [0.2, 0.25) is 5.91 Å². The molecule has 0 spiro atoms. The minimum atomic E-state index is -0.0133. The first-order chi connectivity index (χ1) is 10.2. The van der Waals surface area contributed by atoms with Crippen molar-refractivity contribution < 1.29 is 9.53 Å². The Morgan fingerprint density at radius 3 is 2.52 bits per heavy atom. The maximum Gasteiger partial charge on any atom is 0.228 e. The van der Waals surface area contributed by atoms with Crippen LogP contribution in [0.25, 0.3) is 0 Å². The number of carbonyl (C=O) groups excluding carboxylic acids is 1. The number of thioether (sulfide) groups is 1. The van der Waals surface area contributed by atoms with E-state index >= 15 is 0 Å². The number of carbonyl (C=O) groups is 1. The zero-order chi connectivity index (χ0) is 15.1. The maximum absolute atomic E-state index is 12.1. The third-order valence-corrected chi connectivity index (χ3v) is 3.78. The van der Waals surface area contributed by atoms with Crippen molar-refractivity contribution in [3.63, 3.8) is 0 Å². The first-order valence-electron chi connectivity index (χ1n) is 6.87. The highest BCUT2D eigenvalue weighted by Crippen LogP contribution is 2.24. The molecule has 0 saturated carbocycles. The summed E-state index contributed by atoms with van der Waals surface area (Å²) in [7, 11) is 0. The second kappa shape index (κ2) is 7.74. The molecule has 2 aromatic carbocycles. The summed E-state index contributed by atoms with van der Waals surface area (Å²) in [6, 6.07) is 15.4. The molecule has 0 bridgehead atoms. The molecule has 0 aromatic heterocycles. The van der Waals surface area contributed by atoms with Crippen LogP contribution in [0.5, 0.6) is 5.75 Å². The van der Waals surface area contributed by atoms with Crippen LogP contribution >= 0.6 is 11.8 Å². The van der Waals surface area contributed by atoms with Crippen LogP contribution in [0.4, 0.5) is 5.69 Å².